The number of ether oxygens (including phenoxy) is 1. The Morgan fingerprint density at radius 2 is 2.29 bits per heavy atom. The number of aryl methyl sites for hydroxylation is 1. The molecule has 1 N–H and O–H groups in total. The zero-order valence-electron chi connectivity index (χ0n) is 10.9. The van der Waals surface area contributed by atoms with E-state index in [0.717, 1.165) is 18.8 Å². The van der Waals surface area contributed by atoms with E-state index in [1.54, 1.807) is 6.20 Å². The summed E-state index contributed by atoms with van der Waals surface area (Å²) in [6.07, 6.45) is 5.97. The zero-order valence-corrected chi connectivity index (χ0v) is 10.9. The van der Waals surface area contributed by atoms with E-state index in [-0.39, 0.29) is 5.60 Å². The molecule has 1 atom stereocenters. The summed E-state index contributed by atoms with van der Waals surface area (Å²) in [6, 6.07) is 0. The lowest BCUT2D eigenvalue weighted by Gasteiger charge is -2.41. The minimum Gasteiger partial charge on any atom is -0.382 e. The Kier molecular flexibility index (Phi) is 3.27. The Labute approximate surface area is 103 Å². The Morgan fingerprint density at radius 1 is 1.53 bits per heavy atom. The van der Waals surface area contributed by atoms with Gasteiger partial charge in [0.15, 0.2) is 0 Å². The highest BCUT2D eigenvalue weighted by Crippen LogP contribution is 2.38. The molecule has 1 unspecified atom stereocenters. The van der Waals surface area contributed by atoms with Gasteiger partial charge in [0.2, 0.25) is 0 Å². The van der Waals surface area contributed by atoms with E-state index in [9.17, 15) is 5.11 Å². The van der Waals surface area contributed by atoms with Crippen LogP contribution in [0.1, 0.15) is 45.9 Å². The highest BCUT2D eigenvalue weighted by Gasteiger charge is 2.43. The second-order valence-electron chi connectivity index (χ2n) is 5.51. The van der Waals surface area contributed by atoms with Crippen LogP contribution in [0.4, 0.5) is 0 Å². The van der Waals surface area contributed by atoms with Crippen molar-refractivity contribution in [3.8, 4) is 0 Å². The molecule has 0 spiro atoms. The molecule has 96 valence electrons. The van der Waals surface area contributed by atoms with Gasteiger partial charge in [0, 0.05) is 31.8 Å². The third-order valence-corrected chi connectivity index (χ3v) is 3.32. The van der Waals surface area contributed by atoms with Crippen LogP contribution in [-0.2, 0) is 16.9 Å². The average molecular weight is 238 g/mol. The molecule has 4 heteroatoms. The first kappa shape index (κ1) is 12.6. The highest BCUT2D eigenvalue weighted by molar-refractivity contribution is 5.08. The Hall–Kier alpha value is -0.870. The first-order chi connectivity index (χ1) is 7.97. The van der Waals surface area contributed by atoms with Crippen LogP contribution < -0.4 is 0 Å². The largest absolute Gasteiger partial charge is 0.382 e. The Morgan fingerprint density at radius 3 is 2.94 bits per heavy atom. The molecular weight excluding hydrogens is 216 g/mol. The van der Waals surface area contributed by atoms with Gasteiger partial charge in [0.1, 0.15) is 11.4 Å². The van der Waals surface area contributed by atoms with Gasteiger partial charge in [-0.1, -0.05) is 6.92 Å². The molecule has 1 fully saturated rings. The number of nitrogens with zero attached hydrogens (tertiary/aromatic N) is 2. The summed E-state index contributed by atoms with van der Waals surface area (Å²) in [6.45, 7) is 7.65. The van der Waals surface area contributed by atoms with Crippen LogP contribution >= 0.6 is 0 Å². The van der Waals surface area contributed by atoms with Gasteiger partial charge in [-0.3, -0.25) is 0 Å². The summed E-state index contributed by atoms with van der Waals surface area (Å²) in [5.41, 5.74) is -1.13. The van der Waals surface area contributed by atoms with Crippen molar-refractivity contribution >= 4 is 0 Å². The van der Waals surface area contributed by atoms with E-state index < -0.39 is 5.60 Å². The standard InChI is InChI=1S/C13H22N2O2/c1-4-7-15-8-6-14-11(15)13(16)5-9-17-12(2,3)10-13/h6,8,16H,4-5,7,9-10H2,1-3H3. The molecular formula is C13H22N2O2. The SMILES string of the molecule is CCCn1ccnc1C1(O)CCOC(C)(C)C1. The Bertz CT molecular complexity index is 387. The molecule has 0 amide bonds. The van der Waals surface area contributed by atoms with E-state index in [1.807, 2.05) is 20.0 Å². The molecule has 17 heavy (non-hydrogen) atoms. The van der Waals surface area contributed by atoms with Crippen molar-refractivity contribution in [3.63, 3.8) is 0 Å². The lowest BCUT2D eigenvalue weighted by molar-refractivity contribution is -0.152. The number of aliphatic hydroxyl groups is 1. The second-order valence-corrected chi connectivity index (χ2v) is 5.51. The molecule has 0 saturated carbocycles. The third kappa shape index (κ3) is 2.53. The first-order valence-corrected chi connectivity index (χ1v) is 6.35. The number of hydrogen-bond acceptors (Lipinski definition) is 3. The van der Waals surface area contributed by atoms with Crippen LogP contribution in [0.2, 0.25) is 0 Å². The van der Waals surface area contributed by atoms with E-state index in [2.05, 4.69) is 16.5 Å². The number of hydrogen-bond donors (Lipinski definition) is 1. The second kappa shape index (κ2) is 4.42. The van der Waals surface area contributed by atoms with E-state index >= 15 is 0 Å². The van der Waals surface area contributed by atoms with Gasteiger partial charge in [0.25, 0.3) is 0 Å². The van der Waals surface area contributed by atoms with Crippen LogP contribution in [-0.4, -0.2) is 26.9 Å². The molecule has 0 bridgehead atoms. The van der Waals surface area contributed by atoms with E-state index in [1.165, 1.54) is 0 Å². The predicted molar refractivity (Wildman–Crippen MR) is 65.7 cm³/mol. The lowest BCUT2D eigenvalue weighted by atomic mass is 9.83. The normalized spacial score (nSPS) is 28.2. The van der Waals surface area contributed by atoms with Crippen LogP contribution in [0.3, 0.4) is 0 Å². The molecule has 2 heterocycles. The molecule has 1 saturated heterocycles. The van der Waals surface area contributed by atoms with Gasteiger partial charge in [0.05, 0.1) is 12.2 Å². The van der Waals surface area contributed by atoms with E-state index in [4.69, 9.17) is 4.74 Å². The number of imidazole rings is 1. The summed E-state index contributed by atoms with van der Waals surface area (Å²) in [7, 11) is 0. The molecule has 1 aliphatic heterocycles. The monoisotopic (exact) mass is 238 g/mol. The first-order valence-electron chi connectivity index (χ1n) is 6.35. The van der Waals surface area contributed by atoms with Gasteiger partial charge in [-0.15, -0.1) is 0 Å². The highest BCUT2D eigenvalue weighted by atomic mass is 16.5. The van der Waals surface area contributed by atoms with Crippen molar-refractivity contribution in [2.45, 2.75) is 57.8 Å². The minimum atomic E-state index is -0.847. The fraction of sp³-hybridized carbons (Fsp3) is 0.769. The minimum absolute atomic E-state index is 0.282. The molecule has 0 aliphatic carbocycles. The van der Waals surface area contributed by atoms with Gasteiger partial charge >= 0.3 is 0 Å². The van der Waals surface area contributed by atoms with Gasteiger partial charge in [-0.05, 0) is 20.3 Å². The predicted octanol–water partition coefficient (Wildman–Crippen LogP) is 2.07. The van der Waals surface area contributed by atoms with Crippen LogP contribution in [0, 0.1) is 0 Å². The fourth-order valence-electron chi connectivity index (χ4n) is 2.67. The zero-order chi connectivity index (χ0) is 12.5. The summed E-state index contributed by atoms with van der Waals surface area (Å²) < 4.78 is 7.72. The van der Waals surface area contributed by atoms with Crippen LogP contribution in [0.15, 0.2) is 12.4 Å². The van der Waals surface area contributed by atoms with Crippen LogP contribution in [0.25, 0.3) is 0 Å². The molecule has 0 radical (unpaired) electrons. The average Bonchev–Trinajstić information content (AvgIpc) is 2.65. The topological polar surface area (TPSA) is 47.3 Å². The van der Waals surface area contributed by atoms with Crippen molar-refractivity contribution in [3.05, 3.63) is 18.2 Å². The molecule has 0 aromatic carbocycles. The summed E-state index contributed by atoms with van der Waals surface area (Å²) in [5, 5.41) is 10.8. The smallest absolute Gasteiger partial charge is 0.140 e. The number of aromatic nitrogens is 2. The quantitative estimate of drug-likeness (QED) is 0.877. The summed E-state index contributed by atoms with van der Waals surface area (Å²) in [4.78, 5) is 4.35. The third-order valence-electron chi connectivity index (χ3n) is 3.32. The van der Waals surface area contributed by atoms with Crippen LogP contribution in [0.5, 0.6) is 0 Å². The van der Waals surface area contributed by atoms with Crippen molar-refractivity contribution in [1.82, 2.24) is 9.55 Å². The molecule has 1 aliphatic rings. The molecule has 4 nitrogen and oxygen atoms in total. The fourth-order valence-corrected chi connectivity index (χ4v) is 2.67. The molecule has 1 aromatic heterocycles. The van der Waals surface area contributed by atoms with Crippen molar-refractivity contribution < 1.29 is 9.84 Å². The maximum absolute atomic E-state index is 10.8. The molecule has 2 rings (SSSR count). The maximum atomic E-state index is 10.8. The molecule has 1 aromatic rings. The summed E-state index contributed by atoms with van der Waals surface area (Å²) in [5.74, 6) is 0.788. The van der Waals surface area contributed by atoms with Crippen molar-refractivity contribution in [2.24, 2.45) is 0 Å². The van der Waals surface area contributed by atoms with E-state index in [0.29, 0.717) is 19.4 Å². The lowest BCUT2D eigenvalue weighted by Crippen LogP contribution is -2.45. The van der Waals surface area contributed by atoms with Gasteiger partial charge in [-0.2, -0.15) is 0 Å². The van der Waals surface area contributed by atoms with Gasteiger partial charge < -0.3 is 14.4 Å². The van der Waals surface area contributed by atoms with Crippen molar-refractivity contribution in [1.29, 1.82) is 0 Å². The number of rotatable bonds is 3. The Balaban J connectivity index is 2.27. The van der Waals surface area contributed by atoms with Crippen molar-refractivity contribution in [2.75, 3.05) is 6.61 Å². The van der Waals surface area contributed by atoms with Gasteiger partial charge in [-0.25, -0.2) is 4.98 Å². The maximum Gasteiger partial charge on any atom is 0.140 e. The summed E-state index contributed by atoms with van der Waals surface area (Å²) >= 11 is 0.